The van der Waals surface area contributed by atoms with Crippen molar-refractivity contribution in [3.8, 4) is 0 Å². The van der Waals surface area contributed by atoms with Crippen molar-refractivity contribution >= 4 is 11.3 Å². The number of aromatic nitrogens is 1. The predicted octanol–water partition coefficient (Wildman–Crippen LogP) is 3.26. The lowest BCUT2D eigenvalue weighted by atomic mass is 10.0. The van der Waals surface area contributed by atoms with E-state index in [0.29, 0.717) is 0 Å². The highest BCUT2D eigenvalue weighted by molar-refractivity contribution is 7.09. The molecule has 0 bridgehead atoms. The molecule has 2 rings (SSSR count). The Morgan fingerprint density at radius 2 is 2.00 bits per heavy atom. The Balaban J connectivity index is 2.06. The standard InChI is InChI=1S/C14H18N2S/c1-3-11-4-6-12(7-5-11)13(15)8-14-16-10(2)9-17-14/h4-7,9,13H,3,8,15H2,1-2H3. The molecule has 1 heterocycles. The van der Waals surface area contributed by atoms with Crippen molar-refractivity contribution in [2.24, 2.45) is 5.73 Å². The molecule has 17 heavy (non-hydrogen) atoms. The Kier molecular flexibility index (Phi) is 3.92. The van der Waals surface area contributed by atoms with E-state index >= 15 is 0 Å². The summed E-state index contributed by atoms with van der Waals surface area (Å²) in [5.41, 5.74) is 9.82. The highest BCUT2D eigenvalue weighted by Crippen LogP contribution is 2.19. The van der Waals surface area contributed by atoms with Crippen LogP contribution in [-0.4, -0.2) is 4.98 Å². The topological polar surface area (TPSA) is 38.9 Å². The van der Waals surface area contributed by atoms with E-state index in [1.165, 1.54) is 11.1 Å². The molecule has 2 N–H and O–H groups in total. The van der Waals surface area contributed by atoms with Gasteiger partial charge in [0.15, 0.2) is 0 Å². The van der Waals surface area contributed by atoms with Gasteiger partial charge in [-0.15, -0.1) is 11.3 Å². The smallest absolute Gasteiger partial charge is 0.0947 e. The van der Waals surface area contributed by atoms with Crippen LogP contribution < -0.4 is 5.73 Å². The molecule has 3 heteroatoms. The molecule has 2 nitrogen and oxygen atoms in total. The lowest BCUT2D eigenvalue weighted by Crippen LogP contribution is -2.13. The SMILES string of the molecule is CCc1ccc(C(N)Cc2nc(C)cs2)cc1. The second-order valence-electron chi connectivity index (χ2n) is 4.29. The zero-order valence-electron chi connectivity index (χ0n) is 10.3. The van der Waals surface area contributed by atoms with Gasteiger partial charge in [0, 0.05) is 23.5 Å². The van der Waals surface area contributed by atoms with Crippen LogP contribution in [0.1, 0.15) is 34.8 Å². The molecule has 1 unspecified atom stereocenters. The number of rotatable bonds is 4. The molecule has 0 fully saturated rings. The molecule has 0 radical (unpaired) electrons. The predicted molar refractivity (Wildman–Crippen MR) is 73.3 cm³/mol. The minimum atomic E-state index is 0.0476. The largest absolute Gasteiger partial charge is 0.324 e. The van der Waals surface area contributed by atoms with E-state index in [0.717, 1.165) is 23.5 Å². The molecule has 0 saturated carbocycles. The molecule has 90 valence electrons. The van der Waals surface area contributed by atoms with Gasteiger partial charge in [0.25, 0.3) is 0 Å². The summed E-state index contributed by atoms with van der Waals surface area (Å²) in [6.45, 7) is 4.18. The third-order valence-corrected chi connectivity index (χ3v) is 3.87. The molecule has 1 aromatic carbocycles. The highest BCUT2D eigenvalue weighted by Gasteiger charge is 2.09. The molecule has 0 aliphatic carbocycles. The van der Waals surface area contributed by atoms with Gasteiger partial charge < -0.3 is 5.73 Å². The summed E-state index contributed by atoms with van der Waals surface area (Å²) in [6, 6.07) is 8.62. The molecular formula is C14H18N2S. The molecule has 0 aliphatic rings. The molecule has 0 saturated heterocycles. The second kappa shape index (κ2) is 5.43. The second-order valence-corrected chi connectivity index (χ2v) is 5.23. The van der Waals surface area contributed by atoms with Gasteiger partial charge in [0.05, 0.1) is 5.01 Å². The van der Waals surface area contributed by atoms with Gasteiger partial charge in [-0.2, -0.15) is 0 Å². The van der Waals surface area contributed by atoms with Crippen LogP contribution >= 0.6 is 11.3 Å². The lowest BCUT2D eigenvalue weighted by molar-refractivity contribution is 0.716. The van der Waals surface area contributed by atoms with E-state index in [9.17, 15) is 0 Å². The molecule has 0 amide bonds. The van der Waals surface area contributed by atoms with E-state index in [2.05, 4.69) is 41.6 Å². The number of benzene rings is 1. The first-order valence-corrected chi connectivity index (χ1v) is 6.82. The van der Waals surface area contributed by atoms with Crippen molar-refractivity contribution in [2.45, 2.75) is 32.7 Å². The van der Waals surface area contributed by atoms with Crippen molar-refractivity contribution in [1.29, 1.82) is 0 Å². The maximum atomic E-state index is 6.19. The molecule has 1 aromatic heterocycles. The van der Waals surface area contributed by atoms with E-state index in [1.807, 2.05) is 6.92 Å². The maximum absolute atomic E-state index is 6.19. The van der Waals surface area contributed by atoms with Crippen molar-refractivity contribution in [3.63, 3.8) is 0 Å². The maximum Gasteiger partial charge on any atom is 0.0947 e. The third kappa shape index (κ3) is 3.14. The van der Waals surface area contributed by atoms with Crippen LogP contribution in [0.15, 0.2) is 29.6 Å². The van der Waals surface area contributed by atoms with Crippen LogP contribution in [0.5, 0.6) is 0 Å². The Bertz CT molecular complexity index is 473. The van der Waals surface area contributed by atoms with Crippen molar-refractivity contribution in [2.75, 3.05) is 0 Å². The van der Waals surface area contributed by atoms with Gasteiger partial charge in [-0.3, -0.25) is 0 Å². The van der Waals surface area contributed by atoms with Crippen LogP contribution in [0.3, 0.4) is 0 Å². The Labute approximate surface area is 107 Å². The fourth-order valence-electron chi connectivity index (χ4n) is 1.80. The van der Waals surface area contributed by atoms with Crippen LogP contribution in [0.4, 0.5) is 0 Å². The zero-order valence-corrected chi connectivity index (χ0v) is 11.1. The summed E-state index contributed by atoms with van der Waals surface area (Å²) in [7, 11) is 0. The monoisotopic (exact) mass is 246 g/mol. The van der Waals surface area contributed by atoms with E-state index in [-0.39, 0.29) is 6.04 Å². The summed E-state index contributed by atoms with van der Waals surface area (Å²) >= 11 is 1.69. The quantitative estimate of drug-likeness (QED) is 0.899. The van der Waals surface area contributed by atoms with Crippen molar-refractivity contribution < 1.29 is 0 Å². The van der Waals surface area contributed by atoms with Gasteiger partial charge in [-0.1, -0.05) is 31.2 Å². The Morgan fingerprint density at radius 1 is 1.29 bits per heavy atom. The first-order valence-electron chi connectivity index (χ1n) is 5.94. The van der Waals surface area contributed by atoms with E-state index < -0.39 is 0 Å². The third-order valence-electron chi connectivity index (χ3n) is 2.88. The van der Waals surface area contributed by atoms with Crippen LogP contribution in [0.2, 0.25) is 0 Å². The number of thiazole rings is 1. The number of nitrogens with two attached hydrogens (primary N) is 1. The van der Waals surface area contributed by atoms with E-state index in [1.54, 1.807) is 11.3 Å². The summed E-state index contributed by atoms with van der Waals surface area (Å²) in [5.74, 6) is 0. The van der Waals surface area contributed by atoms with Gasteiger partial charge in [-0.05, 0) is 24.5 Å². The summed E-state index contributed by atoms with van der Waals surface area (Å²) in [5, 5.41) is 3.19. The van der Waals surface area contributed by atoms with Gasteiger partial charge in [0.2, 0.25) is 0 Å². The average Bonchev–Trinajstić information content (AvgIpc) is 2.75. The van der Waals surface area contributed by atoms with Gasteiger partial charge >= 0.3 is 0 Å². The van der Waals surface area contributed by atoms with Gasteiger partial charge in [-0.25, -0.2) is 4.98 Å². The number of hydrogen-bond donors (Lipinski definition) is 1. The lowest BCUT2D eigenvalue weighted by Gasteiger charge is -2.10. The molecule has 1 atom stereocenters. The molecule has 0 spiro atoms. The fourth-order valence-corrected chi connectivity index (χ4v) is 2.63. The zero-order chi connectivity index (χ0) is 12.3. The molecule has 0 aliphatic heterocycles. The summed E-state index contributed by atoms with van der Waals surface area (Å²) < 4.78 is 0. The Morgan fingerprint density at radius 3 is 2.53 bits per heavy atom. The Hall–Kier alpha value is -1.19. The van der Waals surface area contributed by atoms with Crippen molar-refractivity contribution in [1.82, 2.24) is 4.98 Å². The first kappa shape index (κ1) is 12.3. The highest BCUT2D eigenvalue weighted by atomic mass is 32.1. The minimum absolute atomic E-state index is 0.0476. The fraction of sp³-hybridized carbons (Fsp3) is 0.357. The minimum Gasteiger partial charge on any atom is -0.324 e. The van der Waals surface area contributed by atoms with Gasteiger partial charge in [0.1, 0.15) is 0 Å². The van der Waals surface area contributed by atoms with Crippen LogP contribution in [0.25, 0.3) is 0 Å². The van der Waals surface area contributed by atoms with Crippen molar-refractivity contribution in [3.05, 3.63) is 51.5 Å². The number of nitrogens with zero attached hydrogens (tertiary/aromatic N) is 1. The summed E-state index contributed by atoms with van der Waals surface area (Å²) in [4.78, 5) is 4.45. The summed E-state index contributed by atoms with van der Waals surface area (Å²) in [6.07, 6.45) is 1.89. The van der Waals surface area contributed by atoms with Crippen LogP contribution in [-0.2, 0) is 12.8 Å². The number of hydrogen-bond acceptors (Lipinski definition) is 3. The number of aryl methyl sites for hydroxylation is 2. The first-order chi connectivity index (χ1) is 8.19. The van der Waals surface area contributed by atoms with Crippen LogP contribution in [0, 0.1) is 6.92 Å². The normalized spacial score (nSPS) is 12.6. The molecule has 2 aromatic rings. The molecular weight excluding hydrogens is 228 g/mol. The van der Waals surface area contributed by atoms with E-state index in [4.69, 9.17) is 5.73 Å². The average molecular weight is 246 g/mol.